The molecule has 5 aliphatic rings. The number of nitrogens with one attached hydrogen (secondary N) is 2. The summed E-state index contributed by atoms with van der Waals surface area (Å²) in [5.41, 5.74) is 1.07. The monoisotopic (exact) mass is 467 g/mol. The van der Waals surface area contributed by atoms with Gasteiger partial charge in [-0.15, -0.1) is 0 Å². The molecule has 2 amide bonds. The van der Waals surface area contributed by atoms with E-state index in [4.69, 9.17) is 4.74 Å². The molecule has 4 aliphatic carbocycles. The third kappa shape index (κ3) is 5.12. The van der Waals surface area contributed by atoms with Crippen LogP contribution in [0.15, 0.2) is 24.3 Å². The Morgan fingerprint density at radius 2 is 1.59 bits per heavy atom. The van der Waals surface area contributed by atoms with Gasteiger partial charge in [-0.3, -0.25) is 14.5 Å². The van der Waals surface area contributed by atoms with E-state index >= 15 is 0 Å². The van der Waals surface area contributed by atoms with Gasteiger partial charge in [0, 0.05) is 24.9 Å². The molecule has 6 rings (SSSR count). The Balaban J connectivity index is 1.11. The average Bonchev–Trinajstić information content (AvgIpc) is 2.84. The molecule has 5 fully saturated rings. The van der Waals surface area contributed by atoms with Crippen LogP contribution in [0.1, 0.15) is 75.8 Å². The molecule has 6 heteroatoms. The third-order valence-electron chi connectivity index (χ3n) is 8.98. The van der Waals surface area contributed by atoms with Gasteiger partial charge in [-0.2, -0.15) is 0 Å². The van der Waals surface area contributed by atoms with Crippen molar-refractivity contribution in [1.82, 2.24) is 15.5 Å². The zero-order valence-corrected chi connectivity index (χ0v) is 20.7. The van der Waals surface area contributed by atoms with Crippen molar-refractivity contribution in [2.45, 2.75) is 70.3 Å². The molecule has 34 heavy (non-hydrogen) atoms. The van der Waals surface area contributed by atoms with E-state index in [-0.39, 0.29) is 23.3 Å². The van der Waals surface area contributed by atoms with E-state index < -0.39 is 0 Å². The summed E-state index contributed by atoms with van der Waals surface area (Å²) < 4.78 is 5.32. The van der Waals surface area contributed by atoms with Crippen molar-refractivity contribution in [1.29, 1.82) is 0 Å². The Labute approximate surface area is 204 Å². The largest absolute Gasteiger partial charge is 0.497 e. The summed E-state index contributed by atoms with van der Waals surface area (Å²) in [5, 5.41) is 6.29. The number of rotatable bonds is 9. The van der Waals surface area contributed by atoms with Gasteiger partial charge >= 0.3 is 0 Å². The second kappa shape index (κ2) is 10.3. The highest BCUT2D eigenvalue weighted by Gasteiger charge is 2.54. The maximum atomic E-state index is 13.1. The van der Waals surface area contributed by atoms with E-state index in [1.807, 2.05) is 12.1 Å². The fraction of sp³-hybridized carbons (Fsp3) is 0.714. The zero-order chi connectivity index (χ0) is 23.5. The Hall–Kier alpha value is -2.08. The lowest BCUT2D eigenvalue weighted by atomic mass is 9.49. The minimum absolute atomic E-state index is 0.0151. The van der Waals surface area contributed by atoms with E-state index in [0.29, 0.717) is 19.5 Å². The summed E-state index contributed by atoms with van der Waals surface area (Å²) >= 11 is 0. The normalized spacial score (nSPS) is 31.1. The molecule has 1 aliphatic heterocycles. The molecule has 1 saturated heterocycles. The minimum atomic E-state index is -0.140. The molecule has 2 N–H and O–H groups in total. The molecule has 1 atom stereocenters. The maximum absolute atomic E-state index is 13.1. The van der Waals surface area contributed by atoms with Gasteiger partial charge in [-0.25, -0.2) is 0 Å². The summed E-state index contributed by atoms with van der Waals surface area (Å²) in [6.07, 6.45) is 11.2. The summed E-state index contributed by atoms with van der Waals surface area (Å²) in [6, 6.07) is 8.37. The highest BCUT2D eigenvalue weighted by Crippen LogP contribution is 2.60. The second-order valence-corrected chi connectivity index (χ2v) is 11.4. The second-order valence-electron chi connectivity index (χ2n) is 11.4. The topological polar surface area (TPSA) is 70.7 Å². The number of likely N-dealkylation sites (tertiary alicyclic amines) is 1. The van der Waals surface area contributed by atoms with Gasteiger partial charge in [0.2, 0.25) is 11.8 Å². The van der Waals surface area contributed by atoms with Gasteiger partial charge in [-0.1, -0.05) is 18.6 Å². The molecule has 0 aromatic heterocycles. The first-order valence-corrected chi connectivity index (χ1v) is 13.5. The fourth-order valence-corrected chi connectivity index (χ4v) is 7.68. The number of carbonyl (C=O) groups is 2. The molecule has 186 valence electrons. The number of benzene rings is 1. The summed E-state index contributed by atoms with van der Waals surface area (Å²) in [6.45, 7) is 3.15. The van der Waals surface area contributed by atoms with Crippen LogP contribution in [0.4, 0.5) is 0 Å². The van der Waals surface area contributed by atoms with Crippen molar-refractivity contribution in [3.05, 3.63) is 29.8 Å². The van der Waals surface area contributed by atoms with E-state index in [1.165, 1.54) is 44.1 Å². The predicted octanol–water partition coefficient (Wildman–Crippen LogP) is 4.06. The van der Waals surface area contributed by atoms with E-state index in [1.54, 1.807) is 7.11 Å². The maximum Gasteiger partial charge on any atom is 0.226 e. The Kier molecular flexibility index (Phi) is 7.14. The first-order valence-electron chi connectivity index (χ1n) is 13.5. The van der Waals surface area contributed by atoms with Gasteiger partial charge in [0.25, 0.3) is 0 Å². The molecule has 4 saturated carbocycles. The molecule has 1 aromatic rings. The van der Waals surface area contributed by atoms with Gasteiger partial charge in [0.1, 0.15) is 5.75 Å². The lowest BCUT2D eigenvalue weighted by Gasteiger charge is -2.55. The minimum Gasteiger partial charge on any atom is -0.497 e. The number of carbonyl (C=O) groups excluding carboxylic acids is 2. The average molecular weight is 468 g/mol. The van der Waals surface area contributed by atoms with Crippen molar-refractivity contribution in [3.8, 4) is 5.75 Å². The summed E-state index contributed by atoms with van der Waals surface area (Å²) in [7, 11) is 1.68. The van der Waals surface area contributed by atoms with Gasteiger partial charge in [-0.05, 0) is 99.9 Å². The highest BCUT2D eigenvalue weighted by molar-refractivity contribution is 5.84. The van der Waals surface area contributed by atoms with Crippen LogP contribution in [0.3, 0.4) is 0 Å². The molecular weight excluding hydrogens is 426 g/mol. The van der Waals surface area contributed by atoms with Gasteiger partial charge in [0.15, 0.2) is 0 Å². The van der Waals surface area contributed by atoms with Crippen LogP contribution >= 0.6 is 0 Å². The number of piperidine rings is 1. The van der Waals surface area contributed by atoms with E-state index in [9.17, 15) is 9.59 Å². The van der Waals surface area contributed by atoms with Crippen LogP contribution in [0.25, 0.3) is 0 Å². The van der Waals surface area contributed by atoms with Gasteiger partial charge < -0.3 is 15.4 Å². The Bertz CT molecular complexity index is 827. The van der Waals surface area contributed by atoms with Crippen LogP contribution in [-0.2, 0) is 9.59 Å². The molecule has 0 radical (unpaired) electrons. The molecular formula is C28H41N3O3. The summed E-state index contributed by atoms with van der Waals surface area (Å²) in [4.78, 5) is 28.3. The summed E-state index contributed by atoms with van der Waals surface area (Å²) in [5.74, 6) is 3.34. The number of ether oxygens (including phenoxy) is 1. The zero-order valence-electron chi connectivity index (χ0n) is 20.7. The number of methoxy groups -OCH3 is 1. The lowest BCUT2D eigenvalue weighted by Crippen LogP contribution is -2.53. The third-order valence-corrected chi connectivity index (χ3v) is 8.98. The molecule has 6 nitrogen and oxygen atoms in total. The van der Waals surface area contributed by atoms with E-state index in [0.717, 1.165) is 55.9 Å². The molecule has 4 bridgehead atoms. The Morgan fingerprint density at radius 1 is 0.971 bits per heavy atom. The molecule has 1 heterocycles. The Morgan fingerprint density at radius 3 is 2.18 bits per heavy atom. The number of hydrogen-bond donors (Lipinski definition) is 2. The van der Waals surface area contributed by atoms with Gasteiger partial charge in [0.05, 0.1) is 13.2 Å². The molecule has 0 unspecified atom stereocenters. The SMILES string of the molecule is COc1ccc([C@H](CNC(=O)CCNC(=O)C23CC4CC(CC(C4)C2)C3)N2CCCCC2)cc1. The molecule has 0 spiro atoms. The standard InChI is InChI=1S/C28H41N3O3/c1-34-24-7-5-23(6-8-24)25(31-11-3-2-4-12-31)19-30-26(32)9-10-29-27(33)28-16-20-13-21(17-28)15-22(14-20)18-28/h5-8,20-22,25H,2-4,9-19H2,1H3,(H,29,33)(H,30,32)/t20?,21?,22?,25-,28?/m0/s1. The van der Waals surface area contributed by atoms with Crippen LogP contribution in [-0.4, -0.2) is 50.0 Å². The van der Waals surface area contributed by atoms with Crippen LogP contribution < -0.4 is 15.4 Å². The first kappa shape index (κ1) is 23.7. The number of nitrogens with zero attached hydrogens (tertiary/aromatic N) is 1. The van der Waals surface area contributed by atoms with Crippen molar-refractivity contribution in [3.63, 3.8) is 0 Å². The lowest BCUT2D eigenvalue weighted by molar-refractivity contribution is -0.146. The van der Waals surface area contributed by atoms with Crippen LogP contribution in [0.2, 0.25) is 0 Å². The van der Waals surface area contributed by atoms with Crippen molar-refractivity contribution >= 4 is 11.8 Å². The van der Waals surface area contributed by atoms with Crippen molar-refractivity contribution < 1.29 is 14.3 Å². The quantitative estimate of drug-likeness (QED) is 0.575. The predicted molar refractivity (Wildman–Crippen MR) is 132 cm³/mol. The smallest absolute Gasteiger partial charge is 0.226 e. The molecule has 1 aromatic carbocycles. The number of hydrogen-bond acceptors (Lipinski definition) is 4. The van der Waals surface area contributed by atoms with Crippen molar-refractivity contribution in [2.75, 3.05) is 33.3 Å². The van der Waals surface area contributed by atoms with Crippen LogP contribution in [0.5, 0.6) is 5.75 Å². The fourth-order valence-electron chi connectivity index (χ4n) is 7.68. The highest BCUT2D eigenvalue weighted by atomic mass is 16.5. The number of amides is 2. The van der Waals surface area contributed by atoms with Crippen molar-refractivity contribution in [2.24, 2.45) is 23.2 Å². The van der Waals surface area contributed by atoms with E-state index in [2.05, 4.69) is 27.7 Å². The van der Waals surface area contributed by atoms with Crippen LogP contribution in [0, 0.1) is 23.2 Å². The first-order chi connectivity index (χ1) is 16.5.